The average Bonchev–Trinajstić information content (AvgIpc) is 2.46. The van der Waals surface area contributed by atoms with Gasteiger partial charge in [-0.1, -0.05) is 25.5 Å². The van der Waals surface area contributed by atoms with Gasteiger partial charge in [-0.15, -0.1) is 0 Å². The molecule has 0 amide bonds. The maximum absolute atomic E-state index is 12.5. The van der Waals surface area contributed by atoms with Crippen molar-refractivity contribution in [3.63, 3.8) is 0 Å². The number of hydrogen-bond acceptors (Lipinski definition) is 5. The predicted octanol–water partition coefficient (Wildman–Crippen LogP) is 1.76. The highest BCUT2D eigenvalue weighted by Gasteiger charge is 2.71. The Hall–Kier alpha value is -1.65. The Balaban J connectivity index is 2.60. The Bertz CT molecular complexity index is 545. The summed E-state index contributed by atoms with van der Waals surface area (Å²) in [7, 11) is 2.59. The van der Waals surface area contributed by atoms with E-state index in [2.05, 4.69) is 0 Å². The van der Waals surface area contributed by atoms with Crippen molar-refractivity contribution in [2.75, 3.05) is 14.2 Å². The molecule has 0 N–H and O–H groups in total. The van der Waals surface area contributed by atoms with Gasteiger partial charge in [-0.3, -0.25) is 14.4 Å². The second kappa shape index (κ2) is 4.68. The first kappa shape index (κ1) is 15.7. The first-order chi connectivity index (χ1) is 9.63. The van der Waals surface area contributed by atoms with Crippen molar-refractivity contribution in [1.29, 1.82) is 0 Å². The molecule has 0 bridgehead atoms. The van der Waals surface area contributed by atoms with E-state index in [0.717, 1.165) is 5.57 Å². The van der Waals surface area contributed by atoms with E-state index in [1.165, 1.54) is 14.2 Å². The smallest absolute Gasteiger partial charge is 0.313 e. The molecule has 116 valence electrons. The molecule has 4 atom stereocenters. The van der Waals surface area contributed by atoms with Crippen molar-refractivity contribution in [1.82, 2.24) is 0 Å². The van der Waals surface area contributed by atoms with Crippen LogP contribution in [0.1, 0.15) is 27.7 Å². The SMILES string of the molecule is COC(=O)C1C=C(C)C2(C)C(=O)C(C)(C)C2C1C(=O)OC. The van der Waals surface area contributed by atoms with E-state index in [4.69, 9.17) is 9.47 Å². The molecule has 0 spiro atoms. The fraction of sp³-hybridized carbons (Fsp3) is 0.688. The molecular weight excluding hydrogens is 272 g/mol. The fourth-order valence-corrected chi connectivity index (χ4v) is 4.35. The molecule has 0 aliphatic heterocycles. The van der Waals surface area contributed by atoms with Crippen LogP contribution in [0, 0.1) is 28.6 Å². The van der Waals surface area contributed by atoms with E-state index < -0.39 is 34.6 Å². The number of rotatable bonds is 2. The summed E-state index contributed by atoms with van der Waals surface area (Å²) >= 11 is 0. The van der Waals surface area contributed by atoms with Crippen LogP contribution >= 0.6 is 0 Å². The quantitative estimate of drug-likeness (QED) is 0.573. The maximum Gasteiger partial charge on any atom is 0.313 e. The molecule has 1 saturated carbocycles. The lowest BCUT2D eigenvalue weighted by Gasteiger charge is -2.62. The molecule has 0 aromatic heterocycles. The van der Waals surface area contributed by atoms with Crippen LogP contribution in [0.15, 0.2) is 11.6 Å². The zero-order chi connectivity index (χ0) is 16.2. The van der Waals surface area contributed by atoms with Gasteiger partial charge in [-0.2, -0.15) is 0 Å². The van der Waals surface area contributed by atoms with Crippen molar-refractivity contribution >= 4 is 17.7 Å². The third-order valence-corrected chi connectivity index (χ3v) is 5.40. The molecule has 5 heteroatoms. The van der Waals surface area contributed by atoms with Crippen LogP contribution < -0.4 is 0 Å². The van der Waals surface area contributed by atoms with Gasteiger partial charge in [0.2, 0.25) is 0 Å². The molecule has 0 aromatic rings. The molecule has 21 heavy (non-hydrogen) atoms. The highest BCUT2D eigenvalue weighted by Crippen LogP contribution is 2.65. The van der Waals surface area contributed by atoms with Crippen LogP contribution in [0.3, 0.4) is 0 Å². The zero-order valence-electron chi connectivity index (χ0n) is 13.4. The number of carbonyl (C=O) groups is 3. The molecule has 1 fully saturated rings. The molecule has 0 aromatic carbocycles. The van der Waals surface area contributed by atoms with Gasteiger partial charge in [0.25, 0.3) is 0 Å². The Morgan fingerprint density at radius 3 is 2.10 bits per heavy atom. The van der Waals surface area contributed by atoms with Gasteiger partial charge < -0.3 is 9.47 Å². The number of hydrogen-bond donors (Lipinski definition) is 0. The lowest BCUT2D eigenvalue weighted by Crippen LogP contribution is -2.68. The predicted molar refractivity (Wildman–Crippen MR) is 75.2 cm³/mol. The minimum Gasteiger partial charge on any atom is -0.469 e. The number of Topliss-reactive ketones (excluding diaryl/α,β-unsaturated/α-hetero) is 1. The van der Waals surface area contributed by atoms with Gasteiger partial charge in [-0.25, -0.2) is 0 Å². The number of ketones is 1. The van der Waals surface area contributed by atoms with Gasteiger partial charge >= 0.3 is 11.9 Å². The summed E-state index contributed by atoms with van der Waals surface area (Å²) in [6.07, 6.45) is 1.69. The molecular formula is C16H22O5. The molecule has 0 radical (unpaired) electrons. The van der Waals surface area contributed by atoms with Gasteiger partial charge in [0, 0.05) is 11.3 Å². The number of esters is 2. The van der Waals surface area contributed by atoms with Crippen LogP contribution in [0.25, 0.3) is 0 Å². The fourth-order valence-electron chi connectivity index (χ4n) is 4.35. The Kier molecular flexibility index (Phi) is 3.51. The van der Waals surface area contributed by atoms with Crippen LogP contribution in [0.4, 0.5) is 0 Å². The molecule has 2 aliphatic rings. The summed E-state index contributed by atoms with van der Waals surface area (Å²) in [6.45, 7) is 7.33. The second-order valence-electron chi connectivity index (χ2n) is 6.68. The summed E-state index contributed by atoms with van der Waals surface area (Å²) in [5.41, 5.74) is -0.533. The summed E-state index contributed by atoms with van der Waals surface area (Å²) in [4.78, 5) is 36.9. The third kappa shape index (κ3) is 1.79. The highest BCUT2D eigenvalue weighted by molar-refractivity contribution is 6.02. The molecule has 2 aliphatic carbocycles. The largest absolute Gasteiger partial charge is 0.469 e. The van der Waals surface area contributed by atoms with E-state index in [-0.39, 0.29) is 11.7 Å². The molecule has 4 unspecified atom stereocenters. The van der Waals surface area contributed by atoms with Gasteiger partial charge in [0.1, 0.15) is 5.78 Å². The zero-order valence-corrected chi connectivity index (χ0v) is 13.4. The summed E-state index contributed by atoms with van der Waals surface area (Å²) in [6, 6.07) is 0. The monoisotopic (exact) mass is 294 g/mol. The topological polar surface area (TPSA) is 69.7 Å². The van der Waals surface area contributed by atoms with Crippen molar-refractivity contribution in [3.05, 3.63) is 11.6 Å². The first-order valence-corrected chi connectivity index (χ1v) is 7.03. The minimum atomic E-state index is -0.702. The lowest BCUT2D eigenvalue weighted by molar-refractivity contribution is -0.186. The summed E-state index contributed by atoms with van der Waals surface area (Å²) in [5, 5.41) is 0. The summed E-state index contributed by atoms with van der Waals surface area (Å²) < 4.78 is 9.71. The van der Waals surface area contributed by atoms with Crippen LogP contribution in [0.2, 0.25) is 0 Å². The van der Waals surface area contributed by atoms with Crippen molar-refractivity contribution < 1.29 is 23.9 Å². The van der Waals surface area contributed by atoms with Gasteiger partial charge in [0.15, 0.2) is 0 Å². The Labute approximate surface area is 124 Å². The van der Waals surface area contributed by atoms with Gasteiger partial charge in [0.05, 0.1) is 31.5 Å². The number of methoxy groups -OCH3 is 2. The minimum absolute atomic E-state index is 0.103. The molecule has 0 saturated heterocycles. The number of fused-ring (bicyclic) bond motifs is 1. The molecule has 5 nitrogen and oxygen atoms in total. The normalized spacial score (nSPS) is 37.0. The van der Waals surface area contributed by atoms with E-state index in [0.29, 0.717) is 0 Å². The van der Waals surface area contributed by atoms with Crippen molar-refractivity contribution in [2.45, 2.75) is 27.7 Å². The summed E-state index contributed by atoms with van der Waals surface area (Å²) in [5.74, 6) is -2.49. The van der Waals surface area contributed by atoms with Crippen LogP contribution in [-0.4, -0.2) is 31.9 Å². The Morgan fingerprint density at radius 2 is 1.62 bits per heavy atom. The van der Waals surface area contributed by atoms with Gasteiger partial charge in [-0.05, 0) is 13.8 Å². The number of carbonyl (C=O) groups excluding carboxylic acids is 3. The van der Waals surface area contributed by atoms with Crippen LogP contribution in [-0.2, 0) is 23.9 Å². The van der Waals surface area contributed by atoms with E-state index in [1.807, 2.05) is 27.7 Å². The van der Waals surface area contributed by atoms with Crippen LogP contribution in [0.5, 0.6) is 0 Å². The first-order valence-electron chi connectivity index (χ1n) is 7.03. The number of ether oxygens (including phenoxy) is 2. The molecule has 2 rings (SSSR count). The second-order valence-corrected chi connectivity index (χ2v) is 6.68. The lowest BCUT2D eigenvalue weighted by atomic mass is 9.38. The van der Waals surface area contributed by atoms with E-state index >= 15 is 0 Å². The maximum atomic E-state index is 12.5. The molecule has 0 heterocycles. The highest BCUT2D eigenvalue weighted by atomic mass is 16.5. The van der Waals surface area contributed by atoms with Crippen molar-refractivity contribution in [3.8, 4) is 0 Å². The van der Waals surface area contributed by atoms with Crippen molar-refractivity contribution in [2.24, 2.45) is 28.6 Å². The Morgan fingerprint density at radius 1 is 1.10 bits per heavy atom. The van der Waals surface area contributed by atoms with E-state index in [1.54, 1.807) is 6.08 Å². The number of allylic oxidation sites excluding steroid dienone is 1. The third-order valence-electron chi connectivity index (χ3n) is 5.40. The van der Waals surface area contributed by atoms with E-state index in [9.17, 15) is 14.4 Å². The standard InChI is InChI=1S/C16H22O5/c1-8-7-9(12(17)20-5)10(13(18)21-6)11-15(2,3)14(19)16(8,11)4/h7,9-11H,1-6H3. The average molecular weight is 294 g/mol.